The highest BCUT2D eigenvalue weighted by molar-refractivity contribution is 5.79. The molecule has 0 aromatic rings. The molecule has 20 heavy (non-hydrogen) atoms. The van der Waals surface area contributed by atoms with Gasteiger partial charge in [-0.2, -0.15) is 0 Å². The molecule has 1 aliphatic carbocycles. The molecule has 0 amide bonds. The van der Waals surface area contributed by atoms with Gasteiger partial charge >= 0.3 is 5.97 Å². The van der Waals surface area contributed by atoms with Crippen molar-refractivity contribution in [1.82, 2.24) is 0 Å². The van der Waals surface area contributed by atoms with E-state index in [2.05, 4.69) is 26.8 Å². The first-order valence-electron chi connectivity index (χ1n) is 7.58. The van der Waals surface area contributed by atoms with Crippen molar-refractivity contribution in [3.05, 3.63) is 23.8 Å². The van der Waals surface area contributed by atoms with Crippen LogP contribution in [-0.4, -0.2) is 24.8 Å². The standard InChI is InChI=1S/C17H28O3/c1-5-7-15-14(9-11-20-4)8-6-10-17(15,16(18)19)12-13(2)3/h6,8,10,13,15H,5,7,9,11-12H2,1-4H3,(H,18,19). The smallest absolute Gasteiger partial charge is 0.314 e. The van der Waals surface area contributed by atoms with Crippen LogP contribution < -0.4 is 0 Å². The van der Waals surface area contributed by atoms with Gasteiger partial charge in [0.05, 0.1) is 5.41 Å². The fourth-order valence-electron chi connectivity index (χ4n) is 3.31. The SMILES string of the molecule is CCCC1C(CCOC)=CC=CC1(CC(C)C)C(=O)O. The number of carboxylic acids is 1. The summed E-state index contributed by atoms with van der Waals surface area (Å²) in [4.78, 5) is 12.0. The molecule has 0 saturated heterocycles. The summed E-state index contributed by atoms with van der Waals surface area (Å²) >= 11 is 0. The Balaban J connectivity index is 3.11. The van der Waals surface area contributed by atoms with Crippen molar-refractivity contribution in [2.45, 2.75) is 46.5 Å². The van der Waals surface area contributed by atoms with E-state index >= 15 is 0 Å². The Morgan fingerprint density at radius 1 is 1.50 bits per heavy atom. The molecule has 0 aliphatic heterocycles. The van der Waals surface area contributed by atoms with Gasteiger partial charge in [-0.3, -0.25) is 4.79 Å². The maximum Gasteiger partial charge on any atom is 0.314 e. The minimum atomic E-state index is -0.748. The number of ether oxygens (including phenoxy) is 1. The van der Waals surface area contributed by atoms with Crippen molar-refractivity contribution in [2.75, 3.05) is 13.7 Å². The van der Waals surface area contributed by atoms with E-state index < -0.39 is 11.4 Å². The average molecular weight is 280 g/mol. The largest absolute Gasteiger partial charge is 0.481 e. The number of methoxy groups -OCH3 is 1. The number of allylic oxidation sites excluding steroid dienone is 2. The fraction of sp³-hybridized carbons (Fsp3) is 0.706. The van der Waals surface area contributed by atoms with Gasteiger partial charge in [-0.25, -0.2) is 0 Å². The predicted molar refractivity (Wildman–Crippen MR) is 81.6 cm³/mol. The zero-order valence-electron chi connectivity index (χ0n) is 13.2. The molecule has 0 aromatic heterocycles. The molecule has 2 atom stereocenters. The highest BCUT2D eigenvalue weighted by Crippen LogP contribution is 2.46. The third kappa shape index (κ3) is 3.72. The van der Waals surface area contributed by atoms with Crippen LogP contribution in [0, 0.1) is 17.3 Å². The predicted octanol–water partition coefficient (Wildman–Crippen LogP) is 4.05. The second-order valence-corrected chi connectivity index (χ2v) is 6.13. The second-order valence-electron chi connectivity index (χ2n) is 6.13. The summed E-state index contributed by atoms with van der Waals surface area (Å²) in [5.41, 5.74) is 0.474. The summed E-state index contributed by atoms with van der Waals surface area (Å²) in [6.07, 6.45) is 9.34. The molecule has 1 N–H and O–H groups in total. The maximum atomic E-state index is 12.0. The molecule has 0 bridgehead atoms. The molecular formula is C17H28O3. The first kappa shape index (κ1) is 17.0. The summed E-state index contributed by atoms with van der Waals surface area (Å²) < 4.78 is 5.17. The minimum absolute atomic E-state index is 0.0903. The van der Waals surface area contributed by atoms with E-state index in [4.69, 9.17) is 4.74 Å². The topological polar surface area (TPSA) is 46.5 Å². The minimum Gasteiger partial charge on any atom is -0.481 e. The number of hydrogen-bond donors (Lipinski definition) is 1. The molecule has 3 nitrogen and oxygen atoms in total. The quantitative estimate of drug-likeness (QED) is 0.729. The first-order chi connectivity index (χ1) is 9.47. The summed E-state index contributed by atoms with van der Waals surface area (Å²) in [6.45, 7) is 6.95. The third-order valence-electron chi connectivity index (χ3n) is 4.09. The lowest BCUT2D eigenvalue weighted by Crippen LogP contribution is -2.40. The van der Waals surface area contributed by atoms with Crippen molar-refractivity contribution in [3.63, 3.8) is 0 Å². The van der Waals surface area contributed by atoms with Crippen LogP contribution in [0.15, 0.2) is 23.8 Å². The molecule has 0 radical (unpaired) electrons. The summed E-state index contributed by atoms with van der Waals surface area (Å²) in [5.74, 6) is -0.242. The number of hydrogen-bond acceptors (Lipinski definition) is 2. The molecule has 3 heteroatoms. The van der Waals surface area contributed by atoms with E-state index in [1.54, 1.807) is 7.11 Å². The van der Waals surface area contributed by atoms with Gasteiger partial charge in [0.2, 0.25) is 0 Å². The van der Waals surface area contributed by atoms with E-state index in [9.17, 15) is 9.90 Å². The molecule has 0 heterocycles. The molecule has 1 aliphatic rings. The molecular weight excluding hydrogens is 252 g/mol. The van der Waals surface area contributed by atoms with Crippen LogP contribution in [0.25, 0.3) is 0 Å². The Hall–Kier alpha value is -1.09. The Labute approximate surface area is 122 Å². The van der Waals surface area contributed by atoms with Gasteiger partial charge in [-0.15, -0.1) is 0 Å². The van der Waals surface area contributed by atoms with Crippen molar-refractivity contribution < 1.29 is 14.6 Å². The van der Waals surface area contributed by atoms with Gasteiger partial charge in [0.15, 0.2) is 0 Å². The van der Waals surface area contributed by atoms with Gasteiger partial charge in [0.1, 0.15) is 0 Å². The Morgan fingerprint density at radius 3 is 2.70 bits per heavy atom. The summed E-state index contributed by atoms with van der Waals surface area (Å²) in [5, 5.41) is 9.87. The van der Waals surface area contributed by atoms with Crippen LogP contribution in [-0.2, 0) is 9.53 Å². The van der Waals surface area contributed by atoms with E-state index in [0.717, 1.165) is 19.3 Å². The normalized spacial score (nSPS) is 25.9. The molecule has 114 valence electrons. The van der Waals surface area contributed by atoms with Gasteiger partial charge in [-0.05, 0) is 31.1 Å². The van der Waals surface area contributed by atoms with Crippen LogP contribution in [0.4, 0.5) is 0 Å². The highest BCUT2D eigenvalue weighted by Gasteiger charge is 2.45. The molecule has 0 spiro atoms. The zero-order valence-corrected chi connectivity index (χ0v) is 13.2. The summed E-state index contributed by atoms with van der Waals surface area (Å²) in [7, 11) is 1.69. The monoisotopic (exact) mass is 280 g/mol. The Bertz CT molecular complexity index is 382. The van der Waals surface area contributed by atoms with Crippen LogP contribution in [0.5, 0.6) is 0 Å². The van der Waals surface area contributed by atoms with Gasteiger partial charge in [0, 0.05) is 13.7 Å². The number of rotatable bonds is 8. The number of carboxylic acid groups (broad SMARTS) is 1. The lowest BCUT2D eigenvalue weighted by Gasteiger charge is -2.39. The number of carbonyl (C=O) groups is 1. The third-order valence-corrected chi connectivity index (χ3v) is 4.09. The Morgan fingerprint density at radius 2 is 2.20 bits per heavy atom. The molecule has 1 rings (SSSR count). The van der Waals surface area contributed by atoms with Crippen molar-refractivity contribution >= 4 is 5.97 Å². The first-order valence-corrected chi connectivity index (χ1v) is 7.58. The van der Waals surface area contributed by atoms with E-state index in [0.29, 0.717) is 18.9 Å². The van der Waals surface area contributed by atoms with Crippen LogP contribution in [0.3, 0.4) is 0 Å². The maximum absolute atomic E-state index is 12.0. The summed E-state index contributed by atoms with van der Waals surface area (Å²) in [6, 6.07) is 0. The van der Waals surface area contributed by atoms with Crippen molar-refractivity contribution in [2.24, 2.45) is 17.3 Å². The van der Waals surface area contributed by atoms with Crippen LogP contribution in [0.2, 0.25) is 0 Å². The second kappa shape index (κ2) is 7.63. The van der Waals surface area contributed by atoms with Crippen molar-refractivity contribution in [3.8, 4) is 0 Å². The van der Waals surface area contributed by atoms with Gasteiger partial charge in [-0.1, -0.05) is 51.0 Å². The van der Waals surface area contributed by atoms with Gasteiger partial charge in [0.25, 0.3) is 0 Å². The lowest BCUT2D eigenvalue weighted by molar-refractivity contribution is -0.149. The van der Waals surface area contributed by atoms with Crippen LogP contribution in [0.1, 0.15) is 46.5 Å². The molecule has 0 fully saturated rings. The highest BCUT2D eigenvalue weighted by atomic mass is 16.5. The van der Waals surface area contributed by atoms with E-state index in [1.807, 2.05) is 12.2 Å². The fourth-order valence-corrected chi connectivity index (χ4v) is 3.31. The van der Waals surface area contributed by atoms with E-state index in [1.165, 1.54) is 5.57 Å². The zero-order chi connectivity index (χ0) is 15.2. The van der Waals surface area contributed by atoms with Gasteiger partial charge < -0.3 is 9.84 Å². The lowest BCUT2D eigenvalue weighted by atomic mass is 9.63. The average Bonchev–Trinajstić information content (AvgIpc) is 2.38. The molecule has 2 unspecified atom stereocenters. The van der Waals surface area contributed by atoms with E-state index in [-0.39, 0.29) is 5.92 Å². The molecule has 0 aromatic carbocycles. The van der Waals surface area contributed by atoms with Crippen molar-refractivity contribution in [1.29, 1.82) is 0 Å². The number of aliphatic carboxylic acids is 1. The Kier molecular flexibility index (Phi) is 6.47. The molecule has 0 saturated carbocycles. The van der Waals surface area contributed by atoms with Crippen LogP contribution >= 0.6 is 0 Å².